The summed E-state index contributed by atoms with van der Waals surface area (Å²) in [7, 11) is 0. The minimum absolute atomic E-state index is 0.0724. The van der Waals surface area contributed by atoms with Gasteiger partial charge in [0.05, 0.1) is 0 Å². The van der Waals surface area contributed by atoms with Crippen LogP contribution in [0, 0.1) is 5.92 Å². The first-order valence-corrected chi connectivity index (χ1v) is 6.47. The molecule has 0 bridgehead atoms. The number of aromatic nitrogens is 1. The summed E-state index contributed by atoms with van der Waals surface area (Å²) in [4.78, 5) is 15.9. The van der Waals surface area contributed by atoms with Crippen LogP contribution in [-0.4, -0.2) is 10.9 Å². The van der Waals surface area contributed by atoms with E-state index in [1.807, 2.05) is 6.92 Å². The quantitative estimate of drug-likeness (QED) is 0.783. The Hall–Kier alpha value is -1.09. The number of unbranched alkanes of at least 4 members (excludes halogenated alkanes) is 1. The van der Waals surface area contributed by atoms with Crippen molar-refractivity contribution in [1.29, 1.82) is 0 Å². The van der Waals surface area contributed by atoms with Crippen LogP contribution < -0.4 is 5.32 Å². The van der Waals surface area contributed by atoms with Crippen molar-refractivity contribution in [3.63, 3.8) is 0 Å². The molecule has 94 valence electrons. The molecule has 0 saturated heterocycles. The molecule has 1 aromatic rings. The van der Waals surface area contributed by atoms with Gasteiger partial charge in [0.15, 0.2) is 0 Å². The predicted molar refractivity (Wildman–Crippen MR) is 71.2 cm³/mol. The van der Waals surface area contributed by atoms with Crippen LogP contribution in [0.3, 0.4) is 0 Å². The largest absolute Gasteiger partial charge is 0.326 e. The number of nitrogens with one attached hydrogen (secondary N) is 1. The lowest BCUT2D eigenvalue weighted by atomic mass is 9.98. The molecule has 0 spiro atoms. The van der Waals surface area contributed by atoms with Crippen molar-refractivity contribution >= 4 is 23.2 Å². The monoisotopic (exact) mass is 254 g/mol. The first kappa shape index (κ1) is 14.0. The second kappa shape index (κ2) is 7.28. The Morgan fingerprint density at radius 3 is 2.88 bits per heavy atom. The summed E-state index contributed by atoms with van der Waals surface area (Å²) in [5, 5.41) is 3.27. The second-order valence-electron chi connectivity index (χ2n) is 4.10. The fraction of sp³-hybridized carbons (Fsp3) is 0.538. The van der Waals surface area contributed by atoms with Gasteiger partial charge in [0.25, 0.3) is 0 Å². The lowest BCUT2D eigenvalue weighted by Crippen LogP contribution is -2.22. The molecule has 0 aliphatic heterocycles. The van der Waals surface area contributed by atoms with Crippen LogP contribution >= 0.6 is 11.6 Å². The van der Waals surface area contributed by atoms with E-state index in [9.17, 15) is 4.79 Å². The van der Waals surface area contributed by atoms with Crippen LogP contribution in [-0.2, 0) is 4.79 Å². The molecular formula is C13H19ClN2O. The molecule has 3 nitrogen and oxygen atoms in total. The van der Waals surface area contributed by atoms with Gasteiger partial charge in [-0.1, -0.05) is 38.3 Å². The van der Waals surface area contributed by atoms with Gasteiger partial charge in [0.1, 0.15) is 5.15 Å². The molecule has 0 aromatic carbocycles. The van der Waals surface area contributed by atoms with Gasteiger partial charge in [0, 0.05) is 17.8 Å². The van der Waals surface area contributed by atoms with Crippen LogP contribution in [0.25, 0.3) is 0 Å². The zero-order valence-electron chi connectivity index (χ0n) is 10.4. The lowest BCUT2D eigenvalue weighted by Gasteiger charge is -2.14. The molecular weight excluding hydrogens is 236 g/mol. The topological polar surface area (TPSA) is 42.0 Å². The van der Waals surface area contributed by atoms with Gasteiger partial charge in [-0.25, -0.2) is 4.98 Å². The molecule has 1 atom stereocenters. The molecule has 1 heterocycles. The van der Waals surface area contributed by atoms with Crippen LogP contribution in [0.4, 0.5) is 5.69 Å². The summed E-state index contributed by atoms with van der Waals surface area (Å²) in [6, 6.07) is 3.41. The van der Waals surface area contributed by atoms with Gasteiger partial charge in [0.2, 0.25) is 5.91 Å². The maximum absolute atomic E-state index is 12.0. The highest BCUT2D eigenvalue weighted by Crippen LogP contribution is 2.17. The normalized spacial score (nSPS) is 12.2. The van der Waals surface area contributed by atoms with Gasteiger partial charge in [-0.15, -0.1) is 0 Å². The van der Waals surface area contributed by atoms with Crippen molar-refractivity contribution in [3.05, 3.63) is 23.5 Å². The number of amides is 1. The third kappa shape index (κ3) is 4.73. The van der Waals surface area contributed by atoms with E-state index in [0.29, 0.717) is 10.8 Å². The summed E-state index contributed by atoms with van der Waals surface area (Å²) in [6.07, 6.45) is 5.60. The SMILES string of the molecule is CCCCC(CC)C(=O)Nc1ccnc(Cl)c1. The van der Waals surface area contributed by atoms with E-state index in [-0.39, 0.29) is 11.8 Å². The van der Waals surface area contributed by atoms with Crippen LogP contribution in [0.2, 0.25) is 5.15 Å². The number of halogens is 1. The van der Waals surface area contributed by atoms with E-state index in [2.05, 4.69) is 17.2 Å². The number of nitrogens with zero attached hydrogens (tertiary/aromatic N) is 1. The highest BCUT2D eigenvalue weighted by atomic mass is 35.5. The molecule has 0 aliphatic carbocycles. The average molecular weight is 255 g/mol. The molecule has 0 fully saturated rings. The Morgan fingerprint density at radius 1 is 1.53 bits per heavy atom. The van der Waals surface area contributed by atoms with Crippen LogP contribution in [0.15, 0.2) is 18.3 Å². The summed E-state index contributed by atoms with van der Waals surface area (Å²) in [5.74, 6) is 0.158. The Balaban J connectivity index is 2.57. The Labute approximate surface area is 108 Å². The minimum atomic E-state index is 0.0724. The van der Waals surface area contributed by atoms with Crippen molar-refractivity contribution in [2.45, 2.75) is 39.5 Å². The average Bonchev–Trinajstić information content (AvgIpc) is 2.30. The third-order valence-corrected chi connectivity index (χ3v) is 2.97. The molecule has 0 saturated carbocycles. The maximum Gasteiger partial charge on any atom is 0.227 e. The summed E-state index contributed by atoms with van der Waals surface area (Å²) < 4.78 is 0. The fourth-order valence-electron chi connectivity index (χ4n) is 1.70. The van der Waals surface area contributed by atoms with Crippen molar-refractivity contribution < 1.29 is 4.79 Å². The van der Waals surface area contributed by atoms with E-state index in [1.54, 1.807) is 18.3 Å². The number of carbonyl (C=O) groups excluding carboxylic acids is 1. The molecule has 0 radical (unpaired) electrons. The standard InChI is InChI=1S/C13H19ClN2O/c1-3-5-6-10(4-2)13(17)16-11-7-8-15-12(14)9-11/h7-10H,3-6H2,1-2H3,(H,15,16,17). The molecule has 1 N–H and O–H groups in total. The minimum Gasteiger partial charge on any atom is -0.326 e. The van der Waals surface area contributed by atoms with Gasteiger partial charge >= 0.3 is 0 Å². The molecule has 4 heteroatoms. The molecule has 0 aliphatic rings. The van der Waals surface area contributed by atoms with Gasteiger partial charge in [-0.05, 0) is 25.0 Å². The number of rotatable bonds is 6. The summed E-state index contributed by atoms with van der Waals surface area (Å²) >= 11 is 5.76. The Kier molecular flexibility index (Phi) is 5.98. The van der Waals surface area contributed by atoms with Gasteiger partial charge < -0.3 is 5.32 Å². The summed E-state index contributed by atoms with van der Waals surface area (Å²) in [5.41, 5.74) is 0.713. The van der Waals surface area contributed by atoms with Gasteiger partial charge in [-0.2, -0.15) is 0 Å². The molecule has 1 rings (SSSR count). The van der Waals surface area contributed by atoms with Crippen LogP contribution in [0.1, 0.15) is 39.5 Å². The van der Waals surface area contributed by atoms with Gasteiger partial charge in [-0.3, -0.25) is 4.79 Å². The highest BCUT2D eigenvalue weighted by molar-refractivity contribution is 6.29. The van der Waals surface area contributed by atoms with E-state index >= 15 is 0 Å². The number of hydrogen-bond donors (Lipinski definition) is 1. The van der Waals surface area contributed by atoms with Crippen molar-refractivity contribution in [2.24, 2.45) is 5.92 Å². The fourth-order valence-corrected chi connectivity index (χ4v) is 1.87. The first-order valence-electron chi connectivity index (χ1n) is 6.09. The number of pyridine rings is 1. The smallest absolute Gasteiger partial charge is 0.227 e. The Morgan fingerprint density at radius 2 is 2.29 bits per heavy atom. The predicted octanol–water partition coefficient (Wildman–Crippen LogP) is 3.89. The molecule has 1 aromatic heterocycles. The Bertz CT molecular complexity index is 368. The maximum atomic E-state index is 12.0. The first-order chi connectivity index (χ1) is 8.17. The van der Waals surface area contributed by atoms with E-state index in [0.717, 1.165) is 25.7 Å². The van der Waals surface area contributed by atoms with Crippen LogP contribution in [0.5, 0.6) is 0 Å². The molecule has 17 heavy (non-hydrogen) atoms. The number of hydrogen-bond acceptors (Lipinski definition) is 2. The van der Waals surface area contributed by atoms with Crippen molar-refractivity contribution in [3.8, 4) is 0 Å². The number of anilines is 1. The van der Waals surface area contributed by atoms with E-state index in [4.69, 9.17) is 11.6 Å². The van der Waals surface area contributed by atoms with E-state index < -0.39 is 0 Å². The second-order valence-corrected chi connectivity index (χ2v) is 4.49. The third-order valence-electron chi connectivity index (χ3n) is 2.76. The van der Waals surface area contributed by atoms with Crippen molar-refractivity contribution in [1.82, 2.24) is 4.98 Å². The highest BCUT2D eigenvalue weighted by Gasteiger charge is 2.15. The molecule has 1 amide bonds. The molecule has 1 unspecified atom stereocenters. The van der Waals surface area contributed by atoms with E-state index in [1.165, 1.54) is 0 Å². The lowest BCUT2D eigenvalue weighted by molar-refractivity contribution is -0.120. The van der Waals surface area contributed by atoms with Crippen molar-refractivity contribution in [2.75, 3.05) is 5.32 Å². The zero-order valence-corrected chi connectivity index (χ0v) is 11.1. The zero-order chi connectivity index (χ0) is 12.7. The number of carbonyl (C=O) groups is 1. The summed E-state index contributed by atoms with van der Waals surface area (Å²) in [6.45, 7) is 4.17.